The van der Waals surface area contributed by atoms with E-state index >= 15 is 0 Å². The lowest BCUT2D eigenvalue weighted by Gasteiger charge is -2.18. The Labute approximate surface area is 232 Å². The van der Waals surface area contributed by atoms with Crippen LogP contribution < -0.4 is 10.1 Å². The van der Waals surface area contributed by atoms with Gasteiger partial charge in [-0.2, -0.15) is 19.0 Å². The highest BCUT2D eigenvalue weighted by Crippen LogP contribution is 2.36. The summed E-state index contributed by atoms with van der Waals surface area (Å²) in [5.41, 5.74) is 5.31. The number of hydrogen-bond donors (Lipinski definition) is 1. The molecule has 1 N–H and O–H groups in total. The van der Waals surface area contributed by atoms with Gasteiger partial charge in [0.05, 0.1) is 24.5 Å². The van der Waals surface area contributed by atoms with Crippen molar-refractivity contribution in [3.05, 3.63) is 77.9 Å². The van der Waals surface area contributed by atoms with Gasteiger partial charge in [0.1, 0.15) is 12.4 Å². The number of carbonyl (C=O) groups is 1. The summed E-state index contributed by atoms with van der Waals surface area (Å²) in [6, 6.07) is 11.4. The van der Waals surface area contributed by atoms with E-state index in [2.05, 4.69) is 15.5 Å². The number of carbonyl (C=O) groups excluding carboxylic acids is 1. The molecule has 0 radical (unpaired) electrons. The molecule has 210 valence electrons. The molecule has 1 aliphatic carbocycles. The number of aromatic nitrogens is 4. The molecular formula is C30H34F2N6O2. The highest BCUT2D eigenvalue weighted by molar-refractivity contribution is 5.96. The van der Waals surface area contributed by atoms with Gasteiger partial charge in [0.15, 0.2) is 0 Å². The largest absolute Gasteiger partial charge is 0.492 e. The normalized spacial score (nSPS) is 14.1. The number of amides is 1. The van der Waals surface area contributed by atoms with Crippen LogP contribution in [0.4, 0.5) is 8.78 Å². The molecule has 0 bridgehead atoms. The minimum Gasteiger partial charge on any atom is -0.492 e. The van der Waals surface area contributed by atoms with Crippen molar-refractivity contribution in [1.29, 1.82) is 0 Å². The van der Waals surface area contributed by atoms with E-state index in [9.17, 15) is 13.6 Å². The van der Waals surface area contributed by atoms with Crippen LogP contribution >= 0.6 is 0 Å². The van der Waals surface area contributed by atoms with Crippen LogP contribution in [-0.4, -0.2) is 57.6 Å². The number of likely N-dealkylation sites (N-methyl/N-ethyl adjacent to an activating group) is 1. The lowest BCUT2D eigenvalue weighted by molar-refractivity contribution is 0.0566. The molecule has 1 atom stereocenters. The van der Waals surface area contributed by atoms with Crippen molar-refractivity contribution in [2.24, 2.45) is 0 Å². The highest BCUT2D eigenvalue weighted by Gasteiger charge is 2.25. The number of aryl methyl sites for hydroxylation is 1. The second-order valence-corrected chi connectivity index (χ2v) is 10.6. The van der Waals surface area contributed by atoms with Crippen LogP contribution in [0.15, 0.2) is 61.2 Å². The minimum atomic E-state index is -2.72. The molecular weight excluding hydrogens is 514 g/mol. The number of nitrogens with zero attached hydrogens (tertiary/aromatic N) is 5. The smallest absolute Gasteiger partial charge is 0.333 e. The Balaban J connectivity index is 1.42. The fourth-order valence-electron chi connectivity index (χ4n) is 4.49. The van der Waals surface area contributed by atoms with E-state index < -0.39 is 6.55 Å². The number of ether oxygens (including phenoxy) is 1. The summed E-state index contributed by atoms with van der Waals surface area (Å²) in [4.78, 5) is 15.4. The Morgan fingerprint density at radius 2 is 1.75 bits per heavy atom. The number of benzene rings is 2. The first-order valence-corrected chi connectivity index (χ1v) is 13.4. The summed E-state index contributed by atoms with van der Waals surface area (Å²) < 4.78 is 34.9. The maximum absolute atomic E-state index is 13.4. The average Bonchev–Trinajstić information content (AvgIpc) is 3.43. The first kappa shape index (κ1) is 27.5. The van der Waals surface area contributed by atoms with Gasteiger partial charge in [0.2, 0.25) is 0 Å². The molecule has 40 heavy (non-hydrogen) atoms. The predicted octanol–water partition coefficient (Wildman–Crippen LogP) is 5.88. The third kappa shape index (κ3) is 6.39. The molecule has 2 aromatic heterocycles. The van der Waals surface area contributed by atoms with Gasteiger partial charge in [-0.1, -0.05) is 6.07 Å². The Hall–Kier alpha value is -4.05. The summed E-state index contributed by atoms with van der Waals surface area (Å²) in [7, 11) is 3.95. The van der Waals surface area contributed by atoms with E-state index in [1.54, 1.807) is 6.07 Å². The molecule has 2 aromatic carbocycles. The van der Waals surface area contributed by atoms with Crippen LogP contribution in [-0.2, 0) is 0 Å². The molecule has 1 saturated carbocycles. The van der Waals surface area contributed by atoms with Gasteiger partial charge >= 0.3 is 6.55 Å². The summed E-state index contributed by atoms with van der Waals surface area (Å²) >= 11 is 0. The first-order valence-electron chi connectivity index (χ1n) is 13.4. The molecule has 1 aliphatic rings. The topological polar surface area (TPSA) is 77.2 Å². The second kappa shape index (κ2) is 11.6. The van der Waals surface area contributed by atoms with Gasteiger partial charge < -0.3 is 15.0 Å². The fourth-order valence-corrected chi connectivity index (χ4v) is 4.49. The van der Waals surface area contributed by atoms with Gasteiger partial charge in [-0.15, -0.1) is 0 Å². The summed E-state index contributed by atoms with van der Waals surface area (Å²) in [6.07, 6.45) is 8.82. The Bertz CT molecular complexity index is 1430. The van der Waals surface area contributed by atoms with E-state index in [1.807, 2.05) is 80.3 Å². The van der Waals surface area contributed by atoms with Gasteiger partial charge in [0, 0.05) is 35.6 Å². The van der Waals surface area contributed by atoms with Crippen LogP contribution in [0.3, 0.4) is 0 Å². The molecule has 1 amide bonds. The van der Waals surface area contributed by atoms with Crippen molar-refractivity contribution in [3.63, 3.8) is 0 Å². The number of nitrogens with one attached hydrogen (secondary N) is 1. The summed E-state index contributed by atoms with van der Waals surface area (Å²) in [6.45, 7) is 2.35. The quantitative estimate of drug-likeness (QED) is 0.253. The van der Waals surface area contributed by atoms with E-state index in [4.69, 9.17) is 4.74 Å². The number of alkyl halides is 2. The number of halogens is 2. The second-order valence-electron chi connectivity index (χ2n) is 10.6. The maximum Gasteiger partial charge on any atom is 0.333 e. The molecule has 0 saturated heterocycles. The zero-order valence-corrected chi connectivity index (χ0v) is 23.1. The van der Waals surface area contributed by atoms with Gasteiger partial charge in [-0.05, 0) is 93.4 Å². The Kier molecular flexibility index (Phi) is 7.97. The van der Waals surface area contributed by atoms with E-state index in [0.717, 1.165) is 47.2 Å². The van der Waals surface area contributed by atoms with Crippen molar-refractivity contribution in [2.45, 2.75) is 45.3 Å². The van der Waals surface area contributed by atoms with Crippen LogP contribution in [0.2, 0.25) is 0 Å². The zero-order valence-electron chi connectivity index (χ0n) is 23.1. The average molecular weight is 549 g/mol. The number of rotatable bonds is 11. The zero-order chi connectivity index (χ0) is 28.4. The molecule has 0 spiro atoms. The van der Waals surface area contributed by atoms with Crippen molar-refractivity contribution in [2.75, 3.05) is 27.2 Å². The van der Waals surface area contributed by atoms with Crippen LogP contribution in [0.1, 0.15) is 59.9 Å². The third-order valence-electron chi connectivity index (χ3n) is 7.05. The van der Waals surface area contributed by atoms with Gasteiger partial charge in [0.25, 0.3) is 5.91 Å². The van der Waals surface area contributed by atoms with Crippen LogP contribution in [0.25, 0.3) is 22.3 Å². The van der Waals surface area contributed by atoms with Crippen LogP contribution in [0, 0.1) is 6.92 Å². The molecule has 2 heterocycles. The first-order chi connectivity index (χ1) is 19.2. The molecule has 0 aliphatic heterocycles. The maximum atomic E-state index is 13.4. The van der Waals surface area contributed by atoms with Gasteiger partial charge in [-0.25, -0.2) is 4.68 Å². The Morgan fingerprint density at radius 3 is 2.40 bits per heavy atom. The fraction of sp³-hybridized carbons (Fsp3) is 0.367. The van der Waals surface area contributed by atoms with Crippen molar-refractivity contribution in [3.8, 4) is 28.0 Å². The number of hydrogen-bond acceptors (Lipinski definition) is 5. The lowest BCUT2D eigenvalue weighted by atomic mass is 9.96. The van der Waals surface area contributed by atoms with E-state index in [1.165, 1.54) is 12.4 Å². The highest BCUT2D eigenvalue weighted by atomic mass is 19.3. The predicted molar refractivity (Wildman–Crippen MR) is 150 cm³/mol. The summed E-state index contributed by atoms with van der Waals surface area (Å²) in [5, 5.41) is 11.4. The Morgan fingerprint density at radius 1 is 1.05 bits per heavy atom. The third-order valence-corrected chi connectivity index (χ3v) is 7.05. The van der Waals surface area contributed by atoms with Crippen molar-refractivity contribution >= 4 is 5.91 Å². The molecule has 4 aromatic rings. The van der Waals surface area contributed by atoms with Crippen molar-refractivity contribution < 1.29 is 18.3 Å². The molecule has 0 unspecified atom stereocenters. The summed E-state index contributed by atoms with van der Waals surface area (Å²) in [5.74, 6) is 0.417. The lowest BCUT2D eigenvalue weighted by Crippen LogP contribution is -2.27. The SMILES string of the molecule is Cc1ccc(OCCN(C)C)cc1C(=O)N[C@H](C)c1cc(-c2cnn(C(F)F)c2)cc(-c2cnn(C3CC3)c2)c1. The van der Waals surface area contributed by atoms with E-state index in [0.29, 0.717) is 34.2 Å². The van der Waals surface area contributed by atoms with Crippen molar-refractivity contribution in [1.82, 2.24) is 29.8 Å². The molecule has 8 nitrogen and oxygen atoms in total. The monoisotopic (exact) mass is 548 g/mol. The van der Waals surface area contributed by atoms with E-state index in [-0.39, 0.29) is 11.9 Å². The van der Waals surface area contributed by atoms with Crippen LogP contribution in [0.5, 0.6) is 5.75 Å². The standard InChI is InChI=1S/C30H34F2N6O2/c1-19-5-8-27(40-10-9-36(3)4)14-28(19)29(39)35-20(2)21-11-22(24-15-33-37(17-24)26-6-7-26)13-23(12-21)25-16-34-38(18-25)30(31)32/h5,8,11-18,20,26,30H,6-7,9-10H2,1-4H3,(H,35,39)/t20-/m1/s1. The molecule has 5 rings (SSSR count). The minimum absolute atomic E-state index is 0.220. The molecule has 10 heteroatoms. The molecule has 1 fully saturated rings. The van der Waals surface area contributed by atoms with Gasteiger partial charge in [-0.3, -0.25) is 9.48 Å².